The third-order valence-corrected chi connectivity index (χ3v) is 2.98. The van der Waals surface area contributed by atoms with Gasteiger partial charge in [0.25, 0.3) is 0 Å². The Bertz CT molecular complexity index is 298. The van der Waals surface area contributed by atoms with E-state index in [2.05, 4.69) is 15.3 Å². The van der Waals surface area contributed by atoms with E-state index in [0.717, 1.165) is 25.4 Å². The molecule has 4 nitrogen and oxygen atoms in total. The fraction of sp³-hybridized carbons (Fsp3) is 0.667. The molecule has 0 radical (unpaired) electrons. The van der Waals surface area contributed by atoms with Crippen LogP contribution >= 0.6 is 0 Å². The van der Waals surface area contributed by atoms with E-state index in [-0.39, 0.29) is 6.10 Å². The van der Waals surface area contributed by atoms with Gasteiger partial charge < -0.3 is 10.1 Å². The van der Waals surface area contributed by atoms with Gasteiger partial charge in [0, 0.05) is 18.9 Å². The Balaban J connectivity index is 1.77. The molecule has 0 spiro atoms. The lowest BCUT2D eigenvalue weighted by molar-refractivity contribution is 0.0310. The molecule has 1 aromatic heterocycles. The SMILES string of the molecule is C[C@H](OC[C@@H]1CCCNC1)c1cnccn1. The van der Waals surface area contributed by atoms with Crippen molar-refractivity contribution in [3.05, 3.63) is 24.3 Å². The summed E-state index contributed by atoms with van der Waals surface area (Å²) in [6, 6.07) is 0. The van der Waals surface area contributed by atoms with Crippen LogP contribution in [0.4, 0.5) is 0 Å². The number of aromatic nitrogens is 2. The molecule has 2 atom stereocenters. The molecule has 1 aliphatic rings. The summed E-state index contributed by atoms with van der Waals surface area (Å²) >= 11 is 0. The maximum absolute atomic E-state index is 5.82. The fourth-order valence-electron chi connectivity index (χ4n) is 1.95. The Morgan fingerprint density at radius 1 is 1.56 bits per heavy atom. The van der Waals surface area contributed by atoms with E-state index in [0.29, 0.717) is 5.92 Å². The van der Waals surface area contributed by atoms with E-state index in [1.165, 1.54) is 12.8 Å². The van der Waals surface area contributed by atoms with Crippen LogP contribution in [0.5, 0.6) is 0 Å². The Hall–Kier alpha value is -1.00. The van der Waals surface area contributed by atoms with Crippen LogP contribution < -0.4 is 5.32 Å². The van der Waals surface area contributed by atoms with Crippen LogP contribution in [0, 0.1) is 5.92 Å². The minimum absolute atomic E-state index is 0.0376. The monoisotopic (exact) mass is 221 g/mol. The van der Waals surface area contributed by atoms with Crippen LogP contribution in [0.2, 0.25) is 0 Å². The molecule has 4 heteroatoms. The Labute approximate surface area is 96.4 Å². The molecule has 16 heavy (non-hydrogen) atoms. The molecule has 2 heterocycles. The predicted octanol–water partition coefficient (Wildman–Crippen LogP) is 1.55. The molecular formula is C12H19N3O. The second kappa shape index (κ2) is 5.92. The lowest BCUT2D eigenvalue weighted by atomic mass is 10.0. The lowest BCUT2D eigenvalue weighted by Crippen LogP contribution is -2.32. The highest BCUT2D eigenvalue weighted by atomic mass is 16.5. The molecule has 1 aromatic rings. The number of nitrogens with zero attached hydrogens (tertiary/aromatic N) is 2. The topological polar surface area (TPSA) is 47.0 Å². The highest BCUT2D eigenvalue weighted by Gasteiger charge is 2.15. The molecule has 88 valence electrons. The maximum Gasteiger partial charge on any atom is 0.0982 e. The minimum atomic E-state index is 0.0376. The van der Waals surface area contributed by atoms with Crippen LogP contribution in [-0.4, -0.2) is 29.7 Å². The first-order valence-electron chi connectivity index (χ1n) is 5.94. The molecule has 0 bridgehead atoms. The zero-order valence-corrected chi connectivity index (χ0v) is 9.72. The van der Waals surface area contributed by atoms with Crippen molar-refractivity contribution in [1.29, 1.82) is 0 Å². The summed E-state index contributed by atoms with van der Waals surface area (Å²) in [4.78, 5) is 8.28. The van der Waals surface area contributed by atoms with Gasteiger partial charge in [0.15, 0.2) is 0 Å². The lowest BCUT2D eigenvalue weighted by Gasteiger charge is -2.24. The molecule has 2 rings (SSSR count). The van der Waals surface area contributed by atoms with Crippen LogP contribution in [-0.2, 0) is 4.74 Å². The summed E-state index contributed by atoms with van der Waals surface area (Å²) in [6.45, 7) is 5.06. The predicted molar refractivity (Wildman–Crippen MR) is 62.0 cm³/mol. The highest BCUT2D eigenvalue weighted by Crippen LogP contribution is 2.17. The Morgan fingerprint density at radius 3 is 3.19 bits per heavy atom. The molecule has 1 fully saturated rings. The highest BCUT2D eigenvalue weighted by molar-refractivity contribution is 4.97. The van der Waals surface area contributed by atoms with Gasteiger partial charge in [0.05, 0.1) is 24.6 Å². The molecule has 0 aliphatic carbocycles. The summed E-state index contributed by atoms with van der Waals surface area (Å²) in [5, 5.41) is 3.39. The van der Waals surface area contributed by atoms with Gasteiger partial charge in [0.1, 0.15) is 0 Å². The van der Waals surface area contributed by atoms with E-state index < -0.39 is 0 Å². The van der Waals surface area contributed by atoms with E-state index in [9.17, 15) is 0 Å². The second-order valence-electron chi connectivity index (χ2n) is 4.32. The molecule has 0 saturated carbocycles. The van der Waals surface area contributed by atoms with Crippen molar-refractivity contribution >= 4 is 0 Å². The molecule has 1 saturated heterocycles. The smallest absolute Gasteiger partial charge is 0.0982 e. The molecule has 1 N–H and O–H groups in total. The number of rotatable bonds is 4. The summed E-state index contributed by atoms with van der Waals surface area (Å²) in [6.07, 6.45) is 7.71. The number of hydrogen-bond acceptors (Lipinski definition) is 4. The maximum atomic E-state index is 5.82. The average molecular weight is 221 g/mol. The molecule has 0 amide bonds. The van der Waals surface area contributed by atoms with E-state index in [4.69, 9.17) is 4.74 Å². The van der Waals surface area contributed by atoms with Gasteiger partial charge in [-0.15, -0.1) is 0 Å². The zero-order valence-electron chi connectivity index (χ0n) is 9.72. The standard InChI is InChI=1S/C12H19N3O/c1-10(12-8-14-5-6-15-12)16-9-11-3-2-4-13-7-11/h5-6,8,10-11,13H,2-4,7,9H2,1H3/t10-,11+/m0/s1. The van der Waals surface area contributed by atoms with Crippen LogP contribution in [0.3, 0.4) is 0 Å². The van der Waals surface area contributed by atoms with Gasteiger partial charge in [-0.3, -0.25) is 9.97 Å². The van der Waals surface area contributed by atoms with Crippen LogP contribution in [0.15, 0.2) is 18.6 Å². The first kappa shape index (κ1) is 11.5. The molecular weight excluding hydrogens is 202 g/mol. The van der Waals surface area contributed by atoms with Gasteiger partial charge in [-0.05, 0) is 32.2 Å². The van der Waals surface area contributed by atoms with Gasteiger partial charge >= 0.3 is 0 Å². The largest absolute Gasteiger partial charge is 0.372 e. The van der Waals surface area contributed by atoms with E-state index >= 15 is 0 Å². The van der Waals surface area contributed by atoms with E-state index in [1.54, 1.807) is 18.6 Å². The van der Waals surface area contributed by atoms with E-state index in [1.807, 2.05) is 6.92 Å². The van der Waals surface area contributed by atoms with Crippen molar-refractivity contribution in [2.75, 3.05) is 19.7 Å². The third-order valence-electron chi connectivity index (χ3n) is 2.98. The van der Waals surface area contributed by atoms with Crippen molar-refractivity contribution in [2.24, 2.45) is 5.92 Å². The van der Waals surface area contributed by atoms with Gasteiger partial charge in [-0.25, -0.2) is 0 Å². The van der Waals surface area contributed by atoms with Gasteiger partial charge in [-0.1, -0.05) is 0 Å². The average Bonchev–Trinajstić information content (AvgIpc) is 2.38. The van der Waals surface area contributed by atoms with Gasteiger partial charge in [-0.2, -0.15) is 0 Å². The van der Waals surface area contributed by atoms with Crippen molar-refractivity contribution in [3.63, 3.8) is 0 Å². The van der Waals surface area contributed by atoms with Crippen LogP contribution in [0.25, 0.3) is 0 Å². The van der Waals surface area contributed by atoms with Crippen molar-refractivity contribution in [3.8, 4) is 0 Å². The minimum Gasteiger partial charge on any atom is -0.372 e. The van der Waals surface area contributed by atoms with Crippen molar-refractivity contribution in [2.45, 2.75) is 25.9 Å². The molecule has 0 aromatic carbocycles. The Morgan fingerprint density at radius 2 is 2.50 bits per heavy atom. The number of hydrogen-bond donors (Lipinski definition) is 1. The van der Waals surface area contributed by atoms with Crippen molar-refractivity contribution < 1.29 is 4.74 Å². The number of nitrogens with one attached hydrogen (secondary N) is 1. The van der Waals surface area contributed by atoms with Crippen LogP contribution in [0.1, 0.15) is 31.6 Å². The first-order valence-corrected chi connectivity index (χ1v) is 5.94. The summed E-state index contributed by atoms with van der Waals surface area (Å²) in [7, 11) is 0. The second-order valence-corrected chi connectivity index (χ2v) is 4.32. The van der Waals surface area contributed by atoms with Gasteiger partial charge in [0.2, 0.25) is 0 Å². The Kier molecular flexibility index (Phi) is 4.25. The quantitative estimate of drug-likeness (QED) is 0.838. The number of ether oxygens (including phenoxy) is 1. The zero-order chi connectivity index (χ0) is 11.2. The normalized spacial score (nSPS) is 22.9. The molecule has 0 unspecified atom stereocenters. The summed E-state index contributed by atoms with van der Waals surface area (Å²) in [5.74, 6) is 0.646. The number of piperidine rings is 1. The third kappa shape index (κ3) is 3.25. The molecule has 1 aliphatic heterocycles. The first-order chi connectivity index (χ1) is 7.86. The van der Waals surface area contributed by atoms with Crippen molar-refractivity contribution in [1.82, 2.24) is 15.3 Å². The fourth-order valence-corrected chi connectivity index (χ4v) is 1.95. The summed E-state index contributed by atoms with van der Waals surface area (Å²) in [5.41, 5.74) is 0.909. The summed E-state index contributed by atoms with van der Waals surface area (Å²) < 4.78 is 5.82.